The highest BCUT2D eigenvalue weighted by Gasteiger charge is 2.35. The number of hydrogen-bond donors (Lipinski definition) is 1. The maximum absolute atomic E-state index is 12.5. The molecule has 25 heavy (non-hydrogen) atoms. The molecule has 2 aromatic rings. The molecule has 7 heteroatoms. The van der Waals surface area contributed by atoms with Crippen molar-refractivity contribution in [2.24, 2.45) is 0 Å². The van der Waals surface area contributed by atoms with Crippen molar-refractivity contribution < 1.29 is 17.9 Å². The predicted octanol–water partition coefficient (Wildman–Crippen LogP) is 2.47. The fraction of sp³-hybridized carbons (Fsp3) is 0.278. The fourth-order valence-corrected chi connectivity index (χ4v) is 3.58. The first-order valence-corrected chi connectivity index (χ1v) is 9.71. The van der Waals surface area contributed by atoms with Gasteiger partial charge in [0, 0.05) is 5.69 Å². The summed E-state index contributed by atoms with van der Waals surface area (Å²) in [5.41, 5.74) is 3.10. The molecule has 1 heterocycles. The first kappa shape index (κ1) is 17.3. The molecule has 0 unspecified atom stereocenters. The number of nitrogens with one attached hydrogen (secondary N) is 1. The van der Waals surface area contributed by atoms with E-state index in [1.54, 1.807) is 24.3 Å². The summed E-state index contributed by atoms with van der Waals surface area (Å²) in [4.78, 5) is 12.5. The molecular formula is C18H20N2O4S. The maximum Gasteiger partial charge on any atom is 0.267 e. The molecule has 0 radical (unpaired) electrons. The number of anilines is 2. The van der Waals surface area contributed by atoms with Crippen molar-refractivity contribution in [1.29, 1.82) is 0 Å². The number of nitrogens with zero attached hydrogens (tertiary/aromatic N) is 1. The topological polar surface area (TPSA) is 75.7 Å². The summed E-state index contributed by atoms with van der Waals surface area (Å²) in [5, 5.41) is 2.77. The monoisotopic (exact) mass is 360 g/mol. The van der Waals surface area contributed by atoms with Gasteiger partial charge in [0.05, 0.1) is 18.5 Å². The van der Waals surface area contributed by atoms with E-state index < -0.39 is 16.1 Å². The summed E-state index contributed by atoms with van der Waals surface area (Å²) in [6.45, 7) is 3.77. The zero-order valence-corrected chi connectivity index (χ0v) is 15.1. The normalized spacial score (nSPS) is 16.8. The third kappa shape index (κ3) is 3.76. The van der Waals surface area contributed by atoms with E-state index in [2.05, 4.69) is 5.32 Å². The Morgan fingerprint density at radius 3 is 2.40 bits per heavy atom. The van der Waals surface area contributed by atoms with Crippen LogP contribution in [0.5, 0.6) is 5.75 Å². The standard InChI is InChI=1S/C18H20N2O4S/c1-12-4-7-14(8-5-12)19-18(21)17-11-20(25(3,22)23)15-10-13(2)6-9-16(15)24-17/h4-10,17H,11H2,1-3H3,(H,19,21)/t17-/m1/s1. The van der Waals surface area contributed by atoms with Gasteiger partial charge in [-0.2, -0.15) is 0 Å². The molecule has 1 atom stereocenters. The molecule has 1 amide bonds. The summed E-state index contributed by atoms with van der Waals surface area (Å²) >= 11 is 0. The molecular weight excluding hydrogens is 340 g/mol. The van der Waals surface area contributed by atoms with Crippen LogP contribution in [0.4, 0.5) is 11.4 Å². The maximum atomic E-state index is 12.5. The van der Waals surface area contributed by atoms with E-state index in [0.29, 0.717) is 17.1 Å². The minimum atomic E-state index is -3.53. The van der Waals surface area contributed by atoms with Crippen LogP contribution in [0.15, 0.2) is 42.5 Å². The lowest BCUT2D eigenvalue weighted by Crippen LogP contribution is -2.48. The van der Waals surface area contributed by atoms with E-state index >= 15 is 0 Å². The van der Waals surface area contributed by atoms with Crippen LogP contribution in [0.3, 0.4) is 0 Å². The van der Waals surface area contributed by atoms with Gasteiger partial charge in [0.2, 0.25) is 10.0 Å². The minimum Gasteiger partial charge on any atom is -0.476 e. The van der Waals surface area contributed by atoms with Crippen LogP contribution >= 0.6 is 0 Å². The van der Waals surface area contributed by atoms with Crippen LogP contribution in [-0.2, 0) is 14.8 Å². The Balaban J connectivity index is 1.87. The van der Waals surface area contributed by atoms with Crippen molar-refractivity contribution in [3.8, 4) is 5.75 Å². The molecule has 0 aliphatic carbocycles. The van der Waals surface area contributed by atoms with Crippen molar-refractivity contribution in [3.05, 3.63) is 53.6 Å². The SMILES string of the molecule is Cc1ccc(NC(=O)[C@H]2CN(S(C)(=O)=O)c3cc(C)ccc3O2)cc1. The van der Waals surface area contributed by atoms with Gasteiger partial charge in [-0.3, -0.25) is 9.10 Å². The third-order valence-corrected chi connectivity index (χ3v) is 5.14. The number of rotatable bonds is 3. The molecule has 0 aromatic heterocycles. The number of benzene rings is 2. The van der Waals surface area contributed by atoms with Crippen LogP contribution in [0.2, 0.25) is 0 Å². The van der Waals surface area contributed by atoms with Gasteiger partial charge in [0.1, 0.15) is 5.75 Å². The smallest absolute Gasteiger partial charge is 0.267 e. The number of aryl methyl sites for hydroxylation is 2. The zero-order valence-electron chi connectivity index (χ0n) is 14.3. The molecule has 0 saturated heterocycles. The van der Waals surface area contributed by atoms with Crippen LogP contribution in [0, 0.1) is 13.8 Å². The van der Waals surface area contributed by atoms with E-state index in [9.17, 15) is 13.2 Å². The van der Waals surface area contributed by atoms with E-state index in [-0.39, 0.29) is 12.5 Å². The lowest BCUT2D eigenvalue weighted by Gasteiger charge is -2.34. The minimum absolute atomic E-state index is 0.0625. The third-order valence-electron chi connectivity index (χ3n) is 4.00. The number of carbonyl (C=O) groups is 1. The van der Waals surface area contributed by atoms with Crippen molar-refractivity contribution in [2.45, 2.75) is 20.0 Å². The number of hydrogen-bond acceptors (Lipinski definition) is 4. The average molecular weight is 360 g/mol. The Bertz CT molecular complexity index is 907. The van der Waals surface area contributed by atoms with Crippen molar-refractivity contribution in [3.63, 3.8) is 0 Å². The molecule has 6 nitrogen and oxygen atoms in total. The first-order valence-electron chi connectivity index (χ1n) is 7.86. The lowest BCUT2D eigenvalue weighted by molar-refractivity contribution is -0.122. The van der Waals surface area contributed by atoms with Crippen LogP contribution in [-0.4, -0.2) is 33.2 Å². The van der Waals surface area contributed by atoms with Crippen molar-refractivity contribution in [2.75, 3.05) is 22.4 Å². The highest BCUT2D eigenvalue weighted by atomic mass is 32.2. The summed E-state index contributed by atoms with van der Waals surface area (Å²) in [7, 11) is -3.53. The van der Waals surface area contributed by atoms with Crippen LogP contribution < -0.4 is 14.4 Å². The molecule has 0 fully saturated rings. The summed E-state index contributed by atoms with van der Waals surface area (Å²) in [6, 6.07) is 12.6. The van der Waals surface area contributed by atoms with Gasteiger partial charge in [0.25, 0.3) is 5.91 Å². The van der Waals surface area contributed by atoms with Gasteiger partial charge in [-0.1, -0.05) is 23.8 Å². The average Bonchev–Trinajstić information content (AvgIpc) is 2.55. The summed E-state index contributed by atoms with van der Waals surface area (Å²) < 4.78 is 31.3. The highest BCUT2D eigenvalue weighted by Crippen LogP contribution is 2.35. The second-order valence-electron chi connectivity index (χ2n) is 6.23. The number of ether oxygens (including phenoxy) is 1. The second kappa shape index (κ2) is 6.40. The van der Waals surface area contributed by atoms with Gasteiger partial charge in [0.15, 0.2) is 6.10 Å². The zero-order chi connectivity index (χ0) is 18.2. The number of carbonyl (C=O) groups excluding carboxylic acids is 1. The molecule has 1 N–H and O–H groups in total. The van der Waals surface area contributed by atoms with E-state index in [1.807, 2.05) is 32.0 Å². The molecule has 3 rings (SSSR count). The largest absolute Gasteiger partial charge is 0.476 e. The Kier molecular flexibility index (Phi) is 4.43. The van der Waals surface area contributed by atoms with Crippen LogP contribution in [0.25, 0.3) is 0 Å². The fourth-order valence-electron chi connectivity index (χ4n) is 2.67. The Morgan fingerprint density at radius 1 is 1.12 bits per heavy atom. The number of sulfonamides is 1. The van der Waals surface area contributed by atoms with Gasteiger partial charge < -0.3 is 10.1 Å². The van der Waals surface area contributed by atoms with Gasteiger partial charge in [-0.05, 0) is 43.7 Å². The molecule has 132 valence electrons. The molecule has 1 aliphatic heterocycles. The van der Waals surface area contributed by atoms with Crippen LogP contribution in [0.1, 0.15) is 11.1 Å². The Morgan fingerprint density at radius 2 is 1.76 bits per heavy atom. The van der Waals surface area contributed by atoms with E-state index in [1.165, 1.54) is 4.31 Å². The lowest BCUT2D eigenvalue weighted by atomic mass is 10.1. The highest BCUT2D eigenvalue weighted by molar-refractivity contribution is 7.92. The molecule has 1 aliphatic rings. The Hall–Kier alpha value is -2.54. The second-order valence-corrected chi connectivity index (χ2v) is 8.13. The predicted molar refractivity (Wildman–Crippen MR) is 97.6 cm³/mol. The molecule has 2 aromatic carbocycles. The van der Waals surface area contributed by atoms with Gasteiger partial charge in [-0.25, -0.2) is 8.42 Å². The van der Waals surface area contributed by atoms with E-state index in [4.69, 9.17) is 4.74 Å². The van der Waals surface area contributed by atoms with Gasteiger partial charge in [-0.15, -0.1) is 0 Å². The molecule has 0 saturated carbocycles. The number of fused-ring (bicyclic) bond motifs is 1. The molecule has 0 spiro atoms. The number of amides is 1. The van der Waals surface area contributed by atoms with Crippen molar-refractivity contribution >= 4 is 27.3 Å². The Labute approximate surface area is 147 Å². The summed E-state index contributed by atoms with van der Waals surface area (Å²) in [6.07, 6.45) is 0.200. The van der Waals surface area contributed by atoms with Crippen molar-refractivity contribution in [1.82, 2.24) is 0 Å². The molecule has 0 bridgehead atoms. The van der Waals surface area contributed by atoms with Gasteiger partial charge >= 0.3 is 0 Å². The first-order chi connectivity index (χ1) is 11.7. The van der Waals surface area contributed by atoms with E-state index in [0.717, 1.165) is 17.4 Å². The summed E-state index contributed by atoms with van der Waals surface area (Å²) in [5.74, 6) is -0.00457. The quantitative estimate of drug-likeness (QED) is 0.912.